The van der Waals surface area contributed by atoms with Crippen LogP contribution >= 0.6 is 7.92 Å². The van der Waals surface area contributed by atoms with Crippen molar-refractivity contribution >= 4 is 7.92 Å². The molecule has 0 bridgehead atoms. The summed E-state index contributed by atoms with van der Waals surface area (Å²) in [7, 11) is 3.08. The summed E-state index contributed by atoms with van der Waals surface area (Å²) in [6, 6.07) is 13.3. The second-order valence-corrected chi connectivity index (χ2v) is 4.25. The second-order valence-electron chi connectivity index (χ2n) is 3.84. The van der Waals surface area contributed by atoms with Crippen LogP contribution in [0.25, 0.3) is 11.1 Å². The summed E-state index contributed by atoms with van der Waals surface area (Å²) < 4.78 is 21.1. The van der Waals surface area contributed by atoms with Crippen LogP contribution in [-0.2, 0) is 4.57 Å². The molecule has 3 nitrogen and oxygen atoms in total. The quantitative estimate of drug-likeness (QED) is 0.793. The molecule has 0 saturated carbocycles. The molecule has 4 heteroatoms. The van der Waals surface area contributed by atoms with Crippen LogP contribution in [0.2, 0.25) is 0 Å². The van der Waals surface area contributed by atoms with Crippen molar-refractivity contribution in [2.75, 3.05) is 14.2 Å². The third kappa shape index (κ3) is 3.08. The molecule has 96 valence electrons. The van der Waals surface area contributed by atoms with E-state index in [1.54, 1.807) is 14.2 Å². The van der Waals surface area contributed by atoms with Gasteiger partial charge in [-0.2, -0.15) is 0 Å². The third-order valence-electron chi connectivity index (χ3n) is 2.79. The van der Waals surface area contributed by atoms with Crippen molar-refractivity contribution in [2.45, 2.75) is 0 Å². The van der Waals surface area contributed by atoms with Crippen molar-refractivity contribution in [1.82, 2.24) is 0 Å². The molecule has 0 heterocycles. The fraction of sp³-hybridized carbons (Fsp3) is 0.133. The van der Waals surface area contributed by atoms with Gasteiger partial charge in [0.2, 0.25) is 0 Å². The first kappa shape index (κ1) is 13.5. The molecule has 0 N–H and O–H groups in total. The van der Waals surface area contributed by atoms with E-state index in [9.17, 15) is 4.57 Å². The zero-order chi connectivity index (χ0) is 13.7. The number of hydrogen-bond donors (Lipinski definition) is 0. The van der Waals surface area contributed by atoms with Crippen LogP contribution < -0.4 is 9.47 Å². The molecular formula is C15H13O3P. The minimum absolute atomic E-state index is 0.149. The van der Waals surface area contributed by atoms with E-state index in [0.29, 0.717) is 5.75 Å². The molecule has 0 fully saturated rings. The maximum absolute atomic E-state index is 10.8. The molecule has 0 amide bonds. The topological polar surface area (TPSA) is 35.5 Å². The Bertz CT molecular complexity index is 672. The van der Waals surface area contributed by atoms with Crippen LogP contribution in [0.1, 0.15) is 5.56 Å². The molecule has 2 aromatic carbocycles. The Morgan fingerprint density at radius 3 is 2.16 bits per heavy atom. The van der Waals surface area contributed by atoms with E-state index in [4.69, 9.17) is 9.47 Å². The summed E-state index contributed by atoms with van der Waals surface area (Å²) in [5.41, 5.74) is 5.49. The second kappa shape index (κ2) is 6.29. The Balaban J connectivity index is 2.52. The first-order valence-corrected chi connectivity index (χ1v) is 6.50. The normalized spacial score (nSPS) is 9.58. The van der Waals surface area contributed by atoms with Crippen molar-refractivity contribution in [2.24, 2.45) is 0 Å². The SMILES string of the molecule is COc1ccc(-c2ccc(OC)cc2C#P=O)cc1. The van der Waals surface area contributed by atoms with Gasteiger partial charge in [0, 0.05) is 0 Å². The molecule has 0 unspecified atom stereocenters. The number of rotatable bonds is 3. The summed E-state index contributed by atoms with van der Waals surface area (Å²) >= 11 is 0. The fourth-order valence-electron chi connectivity index (χ4n) is 1.81. The van der Waals surface area contributed by atoms with Crippen molar-refractivity contribution in [3.8, 4) is 28.3 Å². The van der Waals surface area contributed by atoms with E-state index in [1.807, 2.05) is 42.5 Å². The van der Waals surface area contributed by atoms with Gasteiger partial charge >= 0.3 is 112 Å². The summed E-state index contributed by atoms with van der Waals surface area (Å²) in [6.45, 7) is 0. The van der Waals surface area contributed by atoms with E-state index in [2.05, 4.69) is 5.63 Å². The summed E-state index contributed by atoms with van der Waals surface area (Å²) in [4.78, 5) is 0. The molecule has 2 rings (SSSR count). The number of hydrogen-bond acceptors (Lipinski definition) is 3. The van der Waals surface area contributed by atoms with Crippen molar-refractivity contribution < 1.29 is 14.0 Å². The first-order chi connectivity index (χ1) is 9.28. The molecule has 0 aromatic heterocycles. The number of methoxy groups -OCH3 is 2. The Morgan fingerprint density at radius 2 is 1.58 bits per heavy atom. The van der Waals surface area contributed by atoms with Gasteiger partial charge in [-0.3, -0.25) is 0 Å². The van der Waals surface area contributed by atoms with Crippen LogP contribution in [0.3, 0.4) is 0 Å². The number of ether oxygens (including phenoxy) is 2. The zero-order valence-electron chi connectivity index (χ0n) is 10.7. The van der Waals surface area contributed by atoms with E-state index in [1.165, 1.54) is 0 Å². The zero-order valence-corrected chi connectivity index (χ0v) is 11.6. The van der Waals surface area contributed by atoms with E-state index < -0.39 is 0 Å². The average molecular weight is 272 g/mol. The molecule has 19 heavy (non-hydrogen) atoms. The van der Waals surface area contributed by atoms with Gasteiger partial charge in [0.25, 0.3) is 0 Å². The Labute approximate surface area is 113 Å². The maximum atomic E-state index is 10.8. The molecule has 0 aliphatic carbocycles. The monoisotopic (exact) mass is 272 g/mol. The molecule has 0 aliphatic rings. The Hall–Kier alpha value is -1.95. The molecule has 0 spiro atoms. The molecule has 0 saturated heterocycles. The van der Waals surface area contributed by atoms with Gasteiger partial charge in [-0.15, -0.1) is 0 Å². The van der Waals surface area contributed by atoms with Gasteiger partial charge in [0.05, 0.1) is 0 Å². The predicted molar refractivity (Wildman–Crippen MR) is 75.6 cm³/mol. The fourth-order valence-corrected chi connectivity index (χ4v) is 2.10. The number of benzene rings is 2. The van der Waals surface area contributed by atoms with Crippen LogP contribution in [0, 0.1) is 5.63 Å². The summed E-state index contributed by atoms with van der Waals surface area (Å²) in [5.74, 6) is 1.51. The van der Waals surface area contributed by atoms with Crippen LogP contribution in [0.5, 0.6) is 11.5 Å². The van der Waals surface area contributed by atoms with Crippen molar-refractivity contribution in [3.05, 3.63) is 48.0 Å². The molecular weight excluding hydrogens is 259 g/mol. The first-order valence-electron chi connectivity index (χ1n) is 5.69. The van der Waals surface area contributed by atoms with Gasteiger partial charge < -0.3 is 0 Å². The average Bonchev–Trinajstić information content (AvgIpc) is 2.47. The van der Waals surface area contributed by atoms with Gasteiger partial charge in [0.15, 0.2) is 0 Å². The van der Waals surface area contributed by atoms with Crippen LogP contribution in [0.4, 0.5) is 0 Å². The van der Waals surface area contributed by atoms with Crippen LogP contribution in [0.15, 0.2) is 42.5 Å². The molecule has 0 atom stereocenters. The molecule has 0 radical (unpaired) electrons. The van der Waals surface area contributed by atoms with Crippen molar-refractivity contribution in [3.63, 3.8) is 0 Å². The van der Waals surface area contributed by atoms with Gasteiger partial charge in [-0.05, 0) is 0 Å². The predicted octanol–water partition coefficient (Wildman–Crippen LogP) is 3.97. The van der Waals surface area contributed by atoms with Crippen molar-refractivity contribution in [1.29, 1.82) is 0 Å². The van der Waals surface area contributed by atoms with Gasteiger partial charge in [0.1, 0.15) is 0 Å². The third-order valence-corrected chi connectivity index (χ3v) is 3.13. The van der Waals surface area contributed by atoms with E-state index in [-0.39, 0.29) is 7.92 Å². The standard InChI is InChI=1S/C15H13O3P/c1-17-13-5-3-11(4-6-13)15-8-7-14(18-2)9-12(15)10-19-16/h3-9H,1-2H3. The summed E-state index contributed by atoms with van der Waals surface area (Å²) in [5, 5.41) is 0. The Kier molecular flexibility index (Phi) is 4.46. The Morgan fingerprint density at radius 1 is 0.947 bits per heavy atom. The van der Waals surface area contributed by atoms with Gasteiger partial charge in [-0.1, -0.05) is 0 Å². The van der Waals surface area contributed by atoms with Crippen LogP contribution in [-0.4, -0.2) is 14.2 Å². The molecule has 2 aromatic rings. The van der Waals surface area contributed by atoms with E-state index >= 15 is 0 Å². The van der Waals surface area contributed by atoms with E-state index in [0.717, 1.165) is 22.4 Å². The minimum atomic E-state index is -0.149. The molecule has 0 aliphatic heterocycles. The van der Waals surface area contributed by atoms with Gasteiger partial charge in [-0.25, -0.2) is 0 Å². The summed E-state index contributed by atoms with van der Waals surface area (Å²) in [6.07, 6.45) is 0.